The van der Waals surface area contributed by atoms with Gasteiger partial charge in [0.1, 0.15) is 24.4 Å². The second-order valence-electron chi connectivity index (χ2n) is 11.2. The van der Waals surface area contributed by atoms with Crippen LogP contribution in [0.1, 0.15) is 41.9 Å². The van der Waals surface area contributed by atoms with Crippen molar-refractivity contribution in [2.24, 2.45) is 5.92 Å². The highest BCUT2D eigenvalue weighted by Crippen LogP contribution is 2.40. The molecule has 0 aromatic carbocycles. The Morgan fingerprint density at radius 1 is 1.20 bits per heavy atom. The summed E-state index contributed by atoms with van der Waals surface area (Å²) in [5, 5.41) is 12.3. The number of halogens is 3. The van der Waals surface area contributed by atoms with Crippen molar-refractivity contribution < 1.29 is 27.5 Å². The lowest BCUT2D eigenvalue weighted by molar-refractivity contribution is -0.172. The average molecular weight is 629 g/mol. The summed E-state index contributed by atoms with van der Waals surface area (Å²) in [6.45, 7) is 2.70. The molecule has 1 N–H and O–H groups in total. The molecule has 2 saturated heterocycles. The van der Waals surface area contributed by atoms with Crippen molar-refractivity contribution >= 4 is 34.8 Å². The quantitative estimate of drug-likeness (QED) is 0.308. The number of pyridine rings is 1. The monoisotopic (exact) mass is 628 g/mol. The van der Waals surface area contributed by atoms with E-state index in [4.69, 9.17) is 4.74 Å². The van der Waals surface area contributed by atoms with Gasteiger partial charge < -0.3 is 24.1 Å². The summed E-state index contributed by atoms with van der Waals surface area (Å²) < 4.78 is 47.7. The molecule has 0 bridgehead atoms. The van der Waals surface area contributed by atoms with E-state index in [9.17, 15) is 22.8 Å². The highest BCUT2D eigenvalue weighted by atomic mass is 32.1. The normalized spacial score (nSPS) is 19.2. The highest BCUT2D eigenvalue weighted by Gasteiger charge is 2.39. The van der Waals surface area contributed by atoms with Gasteiger partial charge in [0.25, 0.3) is 5.91 Å². The van der Waals surface area contributed by atoms with Crippen molar-refractivity contribution in [3.8, 4) is 16.5 Å². The molecule has 3 fully saturated rings. The smallest absolute Gasteiger partial charge is 0.410 e. The van der Waals surface area contributed by atoms with Crippen molar-refractivity contribution in [2.45, 2.75) is 44.4 Å². The number of nitrogens with zero attached hydrogens (tertiary/aromatic N) is 9. The minimum absolute atomic E-state index is 0.0711. The average Bonchev–Trinajstić information content (AvgIpc) is 3.36. The Morgan fingerprint density at radius 3 is 2.84 bits per heavy atom. The number of nitrogens with one attached hydrogen (secondary N) is 1. The molecule has 6 heterocycles. The van der Waals surface area contributed by atoms with E-state index in [2.05, 4.69) is 35.4 Å². The lowest BCUT2D eigenvalue weighted by Crippen LogP contribution is -2.52. The van der Waals surface area contributed by atoms with E-state index in [1.807, 2.05) is 10.8 Å². The number of hydrogen-bond acceptors (Lipinski definition) is 10. The molecule has 2 aliphatic heterocycles. The SMILES string of the molecule is C[C@H](Cn1cnnc1-c1nc(NC(=O)c2cc(-n3cnc(C4CC4)c3)c(N3CCN4C(=O)OCC4C3)cn2)cs1)C(F)(F)F. The van der Waals surface area contributed by atoms with E-state index in [-0.39, 0.29) is 36.0 Å². The zero-order valence-corrected chi connectivity index (χ0v) is 24.3. The summed E-state index contributed by atoms with van der Waals surface area (Å²) in [5.41, 5.74) is 2.64. The number of piperazine rings is 1. The van der Waals surface area contributed by atoms with Gasteiger partial charge in [-0.2, -0.15) is 13.2 Å². The van der Waals surface area contributed by atoms with Gasteiger partial charge in [0, 0.05) is 43.7 Å². The maximum absolute atomic E-state index is 13.3. The summed E-state index contributed by atoms with van der Waals surface area (Å²) in [7, 11) is 0. The molecule has 7 rings (SSSR count). The zero-order valence-electron chi connectivity index (χ0n) is 23.4. The van der Waals surface area contributed by atoms with Crippen LogP contribution in [-0.2, 0) is 11.3 Å². The van der Waals surface area contributed by atoms with Crippen LogP contribution in [-0.4, -0.2) is 89.6 Å². The third kappa shape index (κ3) is 5.46. The van der Waals surface area contributed by atoms with Crippen molar-refractivity contribution in [1.29, 1.82) is 0 Å². The third-order valence-corrected chi connectivity index (χ3v) is 8.85. The molecular formula is C27H27F3N10O3S. The number of anilines is 2. The van der Waals surface area contributed by atoms with Crippen LogP contribution in [0.25, 0.3) is 16.5 Å². The molecular weight excluding hydrogens is 601 g/mol. The molecule has 230 valence electrons. The van der Waals surface area contributed by atoms with Gasteiger partial charge in [0.15, 0.2) is 10.8 Å². The molecule has 17 heteroatoms. The molecule has 1 unspecified atom stereocenters. The number of ether oxygens (including phenoxy) is 1. The number of alkyl halides is 3. The number of hydrogen-bond donors (Lipinski definition) is 1. The van der Waals surface area contributed by atoms with Gasteiger partial charge in [-0.15, -0.1) is 21.5 Å². The molecule has 2 atom stereocenters. The van der Waals surface area contributed by atoms with E-state index in [1.165, 1.54) is 10.9 Å². The number of carbonyl (C=O) groups excluding carboxylic acids is 2. The lowest BCUT2D eigenvalue weighted by Gasteiger charge is -2.37. The second-order valence-corrected chi connectivity index (χ2v) is 12.0. The minimum Gasteiger partial charge on any atom is -0.447 e. The van der Waals surface area contributed by atoms with Crippen LogP contribution in [0.3, 0.4) is 0 Å². The van der Waals surface area contributed by atoms with Crippen LogP contribution in [0.15, 0.2) is 36.5 Å². The predicted molar refractivity (Wildman–Crippen MR) is 152 cm³/mol. The van der Waals surface area contributed by atoms with Crippen LogP contribution < -0.4 is 10.2 Å². The highest BCUT2D eigenvalue weighted by molar-refractivity contribution is 7.13. The molecule has 44 heavy (non-hydrogen) atoms. The number of carbonyl (C=O) groups is 2. The Hall–Kier alpha value is -4.54. The van der Waals surface area contributed by atoms with E-state index >= 15 is 0 Å². The summed E-state index contributed by atoms with van der Waals surface area (Å²) >= 11 is 1.13. The maximum atomic E-state index is 13.3. The fraction of sp³-hybridized carbons (Fsp3) is 0.444. The van der Waals surface area contributed by atoms with Gasteiger partial charge in [-0.25, -0.2) is 19.7 Å². The topological polar surface area (TPSA) is 136 Å². The number of aromatic nitrogens is 7. The largest absolute Gasteiger partial charge is 0.447 e. The Bertz CT molecular complexity index is 1710. The van der Waals surface area contributed by atoms with Gasteiger partial charge in [0.2, 0.25) is 0 Å². The van der Waals surface area contributed by atoms with Gasteiger partial charge in [-0.05, 0) is 18.9 Å². The molecule has 3 aliphatic rings. The maximum Gasteiger partial charge on any atom is 0.410 e. The summed E-state index contributed by atoms with van der Waals surface area (Å²) in [4.78, 5) is 42.6. The predicted octanol–water partition coefficient (Wildman–Crippen LogP) is 3.95. The Kier molecular flexibility index (Phi) is 6.98. The molecule has 1 saturated carbocycles. The first-order chi connectivity index (χ1) is 21.1. The van der Waals surface area contributed by atoms with Gasteiger partial charge in [-0.3, -0.25) is 9.69 Å². The number of imidazole rings is 1. The Labute approximate surface area is 252 Å². The van der Waals surface area contributed by atoms with E-state index < -0.39 is 18.0 Å². The molecule has 0 radical (unpaired) electrons. The van der Waals surface area contributed by atoms with Crippen LogP contribution >= 0.6 is 11.3 Å². The molecule has 0 spiro atoms. The van der Waals surface area contributed by atoms with E-state index in [0.29, 0.717) is 42.9 Å². The molecule has 4 aromatic rings. The lowest BCUT2D eigenvalue weighted by atomic mass is 10.1. The van der Waals surface area contributed by atoms with Gasteiger partial charge in [-0.1, -0.05) is 6.92 Å². The first kappa shape index (κ1) is 28.2. The fourth-order valence-electron chi connectivity index (χ4n) is 5.35. The third-order valence-electron chi connectivity index (χ3n) is 8.01. The second kappa shape index (κ2) is 10.9. The Balaban J connectivity index is 1.12. The van der Waals surface area contributed by atoms with E-state index in [0.717, 1.165) is 42.5 Å². The van der Waals surface area contributed by atoms with Crippen molar-refractivity contribution in [3.05, 3.63) is 47.9 Å². The van der Waals surface area contributed by atoms with Crippen LogP contribution in [0.5, 0.6) is 0 Å². The van der Waals surface area contributed by atoms with Gasteiger partial charge in [0.05, 0.1) is 41.6 Å². The van der Waals surface area contributed by atoms with Crippen LogP contribution in [0, 0.1) is 5.92 Å². The molecule has 1 aliphatic carbocycles. The number of cyclic esters (lactones) is 1. The minimum atomic E-state index is -4.36. The first-order valence-electron chi connectivity index (χ1n) is 14.1. The standard InChI is InChI=1S/C27H27F3N10O3S/c1-15(27(28,29)30)8-39-14-33-36-23(39)25-35-22(12-44-25)34-24(41)18-6-20(38-10-19(32-13-38)16-2-3-16)21(7-31-18)37-4-5-40-17(9-37)11-43-26(40)42/h6-7,10,12-17H,2-5,8-9,11H2,1H3,(H,34,41)/t15-,17?/m1/s1. The fourth-order valence-corrected chi connectivity index (χ4v) is 6.10. The number of thiazole rings is 1. The van der Waals surface area contributed by atoms with Crippen molar-refractivity contribution in [2.75, 3.05) is 36.5 Å². The number of fused-ring (bicyclic) bond motifs is 1. The molecule has 4 aromatic heterocycles. The zero-order chi connectivity index (χ0) is 30.6. The first-order valence-corrected chi connectivity index (χ1v) is 15.0. The van der Waals surface area contributed by atoms with E-state index in [1.54, 1.807) is 28.9 Å². The van der Waals surface area contributed by atoms with Crippen LogP contribution in [0.2, 0.25) is 0 Å². The van der Waals surface area contributed by atoms with Crippen LogP contribution in [0.4, 0.5) is 29.5 Å². The Morgan fingerprint density at radius 2 is 2.05 bits per heavy atom. The molecule has 13 nitrogen and oxygen atoms in total. The number of rotatable bonds is 8. The number of amides is 2. The summed E-state index contributed by atoms with van der Waals surface area (Å²) in [5.74, 6) is -1.29. The summed E-state index contributed by atoms with van der Waals surface area (Å²) in [6, 6.07) is 1.62. The van der Waals surface area contributed by atoms with Crippen molar-refractivity contribution in [3.63, 3.8) is 0 Å². The van der Waals surface area contributed by atoms with Gasteiger partial charge >= 0.3 is 12.3 Å². The summed E-state index contributed by atoms with van der Waals surface area (Å²) in [6.07, 6.45) is 4.10. The molecule has 2 amide bonds. The van der Waals surface area contributed by atoms with Crippen molar-refractivity contribution in [1.82, 2.24) is 39.2 Å².